The summed E-state index contributed by atoms with van der Waals surface area (Å²) in [5.41, 5.74) is 4.45. The van der Waals surface area contributed by atoms with Crippen LogP contribution in [0.15, 0.2) is 76.5 Å². The first-order chi connectivity index (χ1) is 14.2. The molecule has 0 aliphatic heterocycles. The smallest absolute Gasteiger partial charge is 0.228 e. The van der Waals surface area contributed by atoms with Gasteiger partial charge in [-0.05, 0) is 70.6 Å². The van der Waals surface area contributed by atoms with E-state index in [4.69, 9.17) is 0 Å². The molecule has 30 heavy (non-hydrogen) atoms. The van der Waals surface area contributed by atoms with Gasteiger partial charge in [-0.1, -0.05) is 68.9 Å². The van der Waals surface area contributed by atoms with Crippen molar-refractivity contribution in [2.75, 3.05) is 0 Å². The molecule has 0 saturated carbocycles. The highest BCUT2D eigenvalue weighted by atomic mass is 16.1. The average molecular weight is 411 g/mol. The maximum Gasteiger partial charge on any atom is 0.228 e. The van der Waals surface area contributed by atoms with Crippen molar-refractivity contribution in [1.29, 1.82) is 0 Å². The van der Waals surface area contributed by atoms with Crippen LogP contribution >= 0.6 is 0 Å². The summed E-state index contributed by atoms with van der Waals surface area (Å²) >= 11 is 0. The quantitative estimate of drug-likeness (QED) is 0.194. The molecular weight excluding hydrogens is 368 g/mol. The molecule has 0 radical (unpaired) electrons. The van der Waals surface area contributed by atoms with Crippen molar-refractivity contribution in [3.63, 3.8) is 0 Å². The third-order valence-corrected chi connectivity index (χ3v) is 4.65. The first-order valence-corrected chi connectivity index (χ1v) is 11.0. The molecule has 1 amide bonds. The summed E-state index contributed by atoms with van der Waals surface area (Å²) in [7, 11) is 0. The molecule has 1 atom stereocenters. The fourth-order valence-corrected chi connectivity index (χ4v) is 2.82. The number of nitrogens with one attached hydrogen (secondary N) is 1. The molecule has 0 spiro atoms. The monoisotopic (exact) mass is 410 g/mol. The predicted molar refractivity (Wildman–Crippen MR) is 134 cm³/mol. The van der Waals surface area contributed by atoms with Gasteiger partial charge in [0.2, 0.25) is 5.91 Å². The molecule has 0 bridgehead atoms. The number of rotatable bonds is 13. The van der Waals surface area contributed by atoms with E-state index in [1.165, 1.54) is 5.57 Å². The molecule has 0 saturated heterocycles. The number of nitrogens with zero attached hydrogens (tertiary/aromatic N) is 1. The minimum atomic E-state index is 0.0293. The van der Waals surface area contributed by atoms with Crippen molar-refractivity contribution in [2.45, 2.75) is 80.2 Å². The van der Waals surface area contributed by atoms with Crippen molar-refractivity contribution in [3.8, 4) is 0 Å². The summed E-state index contributed by atoms with van der Waals surface area (Å²) < 4.78 is 0. The van der Waals surface area contributed by atoms with Crippen molar-refractivity contribution >= 4 is 12.1 Å². The lowest BCUT2D eigenvalue weighted by molar-refractivity contribution is -0.119. The largest absolute Gasteiger partial charge is 0.330 e. The molecule has 0 rings (SSSR count). The van der Waals surface area contributed by atoms with E-state index in [1.807, 2.05) is 58.1 Å². The summed E-state index contributed by atoms with van der Waals surface area (Å²) in [6.45, 7) is 18.6. The Bertz CT molecular complexity index is 715. The van der Waals surface area contributed by atoms with E-state index in [-0.39, 0.29) is 11.9 Å². The van der Waals surface area contributed by atoms with Gasteiger partial charge in [0, 0.05) is 18.3 Å². The van der Waals surface area contributed by atoms with Crippen molar-refractivity contribution in [1.82, 2.24) is 5.32 Å². The first-order valence-electron chi connectivity index (χ1n) is 11.0. The predicted octanol–water partition coefficient (Wildman–Crippen LogP) is 7.26. The highest BCUT2D eigenvalue weighted by Crippen LogP contribution is 2.19. The number of allylic oxidation sites excluding steroid dienone is 9. The number of carbonyl (C=O) groups excluding carboxylic acids is 1. The van der Waals surface area contributed by atoms with Crippen LogP contribution in [-0.2, 0) is 4.79 Å². The number of carbonyl (C=O) groups is 1. The van der Waals surface area contributed by atoms with E-state index in [9.17, 15) is 4.79 Å². The van der Waals surface area contributed by atoms with Crippen LogP contribution in [0.3, 0.4) is 0 Å². The lowest BCUT2D eigenvalue weighted by Crippen LogP contribution is -2.21. The van der Waals surface area contributed by atoms with Gasteiger partial charge in [0.05, 0.1) is 6.04 Å². The molecule has 166 valence electrons. The summed E-state index contributed by atoms with van der Waals surface area (Å²) in [6, 6.07) is 0.0904. The zero-order valence-corrected chi connectivity index (χ0v) is 20.2. The molecule has 0 heterocycles. The summed E-state index contributed by atoms with van der Waals surface area (Å²) in [5.74, 6) is 0.560. The van der Waals surface area contributed by atoms with E-state index in [0.29, 0.717) is 12.3 Å². The molecule has 0 aliphatic carbocycles. The van der Waals surface area contributed by atoms with Crippen LogP contribution in [0.25, 0.3) is 0 Å². The Balaban J connectivity index is 4.62. The van der Waals surface area contributed by atoms with Crippen LogP contribution in [0.5, 0.6) is 0 Å². The number of amides is 1. The Morgan fingerprint density at radius 2 is 1.80 bits per heavy atom. The Kier molecular flexibility index (Phi) is 15.1. The van der Waals surface area contributed by atoms with E-state index in [0.717, 1.165) is 36.1 Å². The van der Waals surface area contributed by atoms with E-state index < -0.39 is 0 Å². The van der Waals surface area contributed by atoms with Gasteiger partial charge in [0.15, 0.2) is 0 Å². The molecule has 1 N–H and O–H groups in total. The molecule has 0 fully saturated rings. The second-order valence-electron chi connectivity index (χ2n) is 7.91. The van der Waals surface area contributed by atoms with Crippen LogP contribution in [0.1, 0.15) is 74.1 Å². The summed E-state index contributed by atoms with van der Waals surface area (Å²) in [4.78, 5) is 16.8. The van der Waals surface area contributed by atoms with Crippen LogP contribution in [0.2, 0.25) is 0 Å². The lowest BCUT2D eigenvalue weighted by atomic mass is 9.97. The van der Waals surface area contributed by atoms with Gasteiger partial charge in [0.1, 0.15) is 0 Å². The van der Waals surface area contributed by atoms with Crippen molar-refractivity contribution in [2.24, 2.45) is 10.9 Å². The standard InChI is InChI=1S/C27H42N2O/c1-9-12-17-28-24(8)22(6)15-13-14-16-23(7)29-27(30)20-26(11-3)19-25(10-2)18-21(4)5/h9,11-14,16-18,21,24H,6,10,15,19-20H2,1-5,7-8H3,(H,29,30)/b12-9-,14-13-,23-16+,25-18-,26-11+,28-17?. The average Bonchev–Trinajstić information content (AvgIpc) is 2.69. The summed E-state index contributed by atoms with van der Waals surface area (Å²) in [6.07, 6.45) is 19.0. The zero-order valence-electron chi connectivity index (χ0n) is 20.2. The fraction of sp³-hybridized carbons (Fsp3) is 0.481. The normalized spacial score (nSPS) is 15.0. The lowest BCUT2D eigenvalue weighted by Gasteiger charge is -2.11. The minimum Gasteiger partial charge on any atom is -0.330 e. The zero-order chi connectivity index (χ0) is 22.9. The van der Waals surface area contributed by atoms with Crippen molar-refractivity contribution in [3.05, 3.63) is 71.5 Å². The Morgan fingerprint density at radius 1 is 1.10 bits per heavy atom. The first kappa shape index (κ1) is 27.6. The van der Waals surface area contributed by atoms with Gasteiger partial charge >= 0.3 is 0 Å². The minimum absolute atomic E-state index is 0.0293. The number of hydrogen-bond donors (Lipinski definition) is 1. The summed E-state index contributed by atoms with van der Waals surface area (Å²) in [5, 5.41) is 2.98. The molecule has 0 aromatic rings. The third kappa shape index (κ3) is 13.7. The molecule has 3 heteroatoms. The van der Waals surface area contributed by atoms with E-state index in [2.05, 4.69) is 49.8 Å². The molecule has 1 unspecified atom stereocenters. The van der Waals surface area contributed by atoms with Gasteiger partial charge in [0.25, 0.3) is 0 Å². The molecule has 0 aliphatic rings. The third-order valence-electron chi connectivity index (χ3n) is 4.65. The fourth-order valence-electron chi connectivity index (χ4n) is 2.82. The van der Waals surface area contributed by atoms with Gasteiger partial charge in [-0.2, -0.15) is 0 Å². The number of hydrogen-bond acceptors (Lipinski definition) is 2. The second kappa shape index (κ2) is 16.4. The van der Waals surface area contributed by atoms with E-state index >= 15 is 0 Å². The maximum atomic E-state index is 12.4. The highest BCUT2D eigenvalue weighted by molar-refractivity contribution is 5.80. The molecule has 3 nitrogen and oxygen atoms in total. The topological polar surface area (TPSA) is 41.5 Å². The van der Waals surface area contributed by atoms with Crippen molar-refractivity contribution < 1.29 is 4.79 Å². The second-order valence-corrected chi connectivity index (χ2v) is 7.91. The van der Waals surface area contributed by atoms with Crippen LogP contribution in [-0.4, -0.2) is 18.2 Å². The van der Waals surface area contributed by atoms with Crippen LogP contribution < -0.4 is 5.32 Å². The molecule has 0 aromatic carbocycles. The van der Waals surface area contributed by atoms with Gasteiger partial charge < -0.3 is 5.32 Å². The van der Waals surface area contributed by atoms with Gasteiger partial charge in [-0.15, -0.1) is 0 Å². The van der Waals surface area contributed by atoms with E-state index in [1.54, 1.807) is 6.21 Å². The Morgan fingerprint density at radius 3 is 2.37 bits per heavy atom. The Labute approximate surface area is 185 Å². The van der Waals surface area contributed by atoms with Gasteiger partial charge in [-0.3, -0.25) is 9.79 Å². The highest BCUT2D eigenvalue weighted by Gasteiger charge is 2.08. The van der Waals surface area contributed by atoms with Crippen LogP contribution in [0.4, 0.5) is 0 Å². The van der Waals surface area contributed by atoms with Crippen LogP contribution in [0, 0.1) is 5.92 Å². The number of aliphatic imine (C=N–C) groups is 1. The SMILES string of the molecule is C=C(C/C=C\C=C(/C)NC(=O)C/C(=C/C)C/C(=C\C(C)C)CC)C(C)N=C/C=C\C. The Hall–Kier alpha value is -2.42. The molecule has 0 aromatic heterocycles. The molecular formula is C27H42N2O. The van der Waals surface area contributed by atoms with Gasteiger partial charge in [-0.25, -0.2) is 0 Å². The maximum absolute atomic E-state index is 12.4.